The molecule has 8 nitrogen and oxygen atoms in total. The summed E-state index contributed by atoms with van der Waals surface area (Å²) in [5.41, 5.74) is 0.683. The van der Waals surface area contributed by atoms with Gasteiger partial charge in [-0.2, -0.15) is 10.1 Å². The van der Waals surface area contributed by atoms with Crippen molar-refractivity contribution < 1.29 is 18.9 Å². The van der Waals surface area contributed by atoms with Gasteiger partial charge in [-0.25, -0.2) is 0 Å². The number of imide groups is 1. The van der Waals surface area contributed by atoms with Crippen LogP contribution in [0.25, 0.3) is 11.3 Å². The number of carbonyl (C=O) groups excluding carboxylic acids is 2. The molecule has 2 amide bonds. The molecule has 4 aliphatic carbocycles. The molecule has 1 saturated heterocycles. The maximum atomic E-state index is 12.9. The fourth-order valence-corrected chi connectivity index (χ4v) is 5.49. The van der Waals surface area contributed by atoms with Gasteiger partial charge in [-0.05, 0) is 54.4 Å². The van der Waals surface area contributed by atoms with Crippen LogP contribution in [-0.4, -0.2) is 28.0 Å². The van der Waals surface area contributed by atoms with Crippen LogP contribution in [0.3, 0.4) is 0 Å². The Morgan fingerprint density at radius 2 is 1.63 bits per heavy atom. The molecule has 8 heteroatoms. The van der Waals surface area contributed by atoms with E-state index in [0.29, 0.717) is 28.9 Å². The van der Waals surface area contributed by atoms with Crippen LogP contribution in [0.2, 0.25) is 0 Å². The van der Waals surface area contributed by atoms with E-state index in [9.17, 15) is 19.7 Å². The molecule has 150 valence electrons. The molecule has 1 aromatic carbocycles. The van der Waals surface area contributed by atoms with Crippen LogP contribution in [0.15, 0.2) is 58.1 Å². The van der Waals surface area contributed by atoms with Crippen molar-refractivity contribution in [3.8, 4) is 11.3 Å². The Hall–Kier alpha value is -3.55. The lowest BCUT2D eigenvalue weighted by atomic mass is 9.63. The summed E-state index contributed by atoms with van der Waals surface area (Å²) < 4.78 is 5.72. The molecule has 2 aromatic rings. The SMILES string of the molecule is O=C1[C@@H]2[C@H]3C=C[C@@H]([C@@H]4C[C@H]34)[C@@H]2C(=O)N1/N=C\c1ccc(-c2ccc([N+](=O)[O-])cc2)o1. The van der Waals surface area contributed by atoms with Crippen molar-refractivity contribution >= 4 is 23.7 Å². The van der Waals surface area contributed by atoms with E-state index < -0.39 is 4.92 Å². The molecule has 3 fully saturated rings. The number of nitro benzene ring substituents is 1. The molecule has 2 bridgehead atoms. The number of amides is 2. The predicted octanol–water partition coefficient (Wildman–Crippen LogP) is 3.24. The van der Waals surface area contributed by atoms with Gasteiger partial charge in [-0.1, -0.05) is 12.2 Å². The Labute approximate surface area is 171 Å². The second-order valence-corrected chi connectivity index (χ2v) is 8.39. The summed E-state index contributed by atoms with van der Waals surface area (Å²) in [6, 6.07) is 9.41. The first-order valence-corrected chi connectivity index (χ1v) is 9.98. The molecule has 7 rings (SSSR count). The van der Waals surface area contributed by atoms with Crippen molar-refractivity contribution in [2.45, 2.75) is 6.42 Å². The van der Waals surface area contributed by atoms with Crippen molar-refractivity contribution in [3.63, 3.8) is 0 Å². The van der Waals surface area contributed by atoms with E-state index in [1.807, 2.05) is 0 Å². The third kappa shape index (κ3) is 2.36. The summed E-state index contributed by atoms with van der Waals surface area (Å²) in [5, 5.41) is 16.0. The zero-order valence-corrected chi connectivity index (χ0v) is 15.8. The van der Waals surface area contributed by atoms with Crippen LogP contribution < -0.4 is 0 Å². The normalized spacial score (nSPS) is 33.3. The number of non-ortho nitro benzene ring substituents is 1. The molecular weight excluding hydrogens is 386 g/mol. The molecule has 6 atom stereocenters. The van der Waals surface area contributed by atoms with Gasteiger partial charge in [0, 0.05) is 17.7 Å². The van der Waals surface area contributed by atoms with Gasteiger partial charge < -0.3 is 4.42 Å². The lowest BCUT2D eigenvalue weighted by Gasteiger charge is -2.37. The molecular formula is C22H17N3O5. The zero-order chi connectivity index (χ0) is 20.6. The van der Waals surface area contributed by atoms with E-state index in [1.54, 1.807) is 24.3 Å². The van der Waals surface area contributed by atoms with Gasteiger partial charge in [-0.15, -0.1) is 0 Å². The Morgan fingerprint density at radius 1 is 1.00 bits per heavy atom. The van der Waals surface area contributed by atoms with Gasteiger partial charge >= 0.3 is 0 Å². The monoisotopic (exact) mass is 403 g/mol. The minimum absolute atomic E-state index is 0.000658. The van der Waals surface area contributed by atoms with E-state index in [2.05, 4.69) is 17.3 Å². The van der Waals surface area contributed by atoms with Gasteiger partial charge in [0.05, 0.1) is 23.0 Å². The summed E-state index contributed by atoms with van der Waals surface area (Å²) in [7, 11) is 0. The molecule has 2 heterocycles. The number of hydrazone groups is 1. The molecule has 0 unspecified atom stereocenters. The number of hydrogen-bond donors (Lipinski definition) is 0. The number of benzene rings is 1. The van der Waals surface area contributed by atoms with Gasteiger partial charge in [0.1, 0.15) is 11.5 Å². The Morgan fingerprint density at radius 3 is 2.23 bits per heavy atom. The smallest absolute Gasteiger partial charge is 0.269 e. The standard InChI is InChI=1S/C22H17N3O5/c26-21-19-14-6-7-15(17-9-16(14)17)20(19)22(27)24(21)23-10-13-5-8-18(30-13)11-1-3-12(4-2-11)25(28)29/h1-8,10,14-17,19-20H,9H2/b23-10-/t14-,15-,16-,17+,19-,20+/m0/s1. The third-order valence-electron chi connectivity index (χ3n) is 6.93. The summed E-state index contributed by atoms with van der Waals surface area (Å²) >= 11 is 0. The topological polar surface area (TPSA) is 106 Å². The Bertz CT molecular complexity index is 1110. The largest absolute Gasteiger partial charge is 0.455 e. The first-order valence-electron chi connectivity index (χ1n) is 9.98. The fraction of sp³-hybridized carbons (Fsp3) is 0.318. The van der Waals surface area contributed by atoms with Gasteiger partial charge in [-0.3, -0.25) is 19.7 Å². The van der Waals surface area contributed by atoms with E-state index in [0.717, 1.165) is 11.4 Å². The first-order chi connectivity index (χ1) is 14.5. The number of furan rings is 1. The molecule has 30 heavy (non-hydrogen) atoms. The molecule has 0 radical (unpaired) electrons. The maximum Gasteiger partial charge on any atom is 0.269 e. The van der Waals surface area contributed by atoms with Gasteiger partial charge in [0.15, 0.2) is 0 Å². The molecule has 2 saturated carbocycles. The highest BCUT2D eigenvalue weighted by Gasteiger charge is 2.67. The van der Waals surface area contributed by atoms with Crippen molar-refractivity contribution in [1.29, 1.82) is 0 Å². The quantitative estimate of drug-likeness (QED) is 0.256. The van der Waals surface area contributed by atoms with Gasteiger partial charge in [0.2, 0.25) is 0 Å². The summed E-state index contributed by atoms with van der Waals surface area (Å²) in [5.74, 6) is 1.36. The minimum Gasteiger partial charge on any atom is -0.455 e. The molecule has 1 aromatic heterocycles. The lowest BCUT2D eigenvalue weighted by Crippen LogP contribution is -2.40. The van der Waals surface area contributed by atoms with Crippen molar-refractivity contribution in [2.24, 2.45) is 40.6 Å². The highest BCUT2D eigenvalue weighted by atomic mass is 16.6. The maximum absolute atomic E-state index is 12.9. The average Bonchev–Trinajstić information content (AvgIpc) is 3.39. The Balaban J connectivity index is 1.22. The van der Waals surface area contributed by atoms with Gasteiger partial charge in [0.25, 0.3) is 17.5 Å². The molecule has 1 aliphatic heterocycles. The minimum atomic E-state index is -0.461. The molecule has 5 aliphatic rings. The first kappa shape index (κ1) is 17.3. The fourth-order valence-electron chi connectivity index (χ4n) is 5.49. The number of nitrogens with zero attached hydrogens (tertiary/aromatic N) is 3. The highest BCUT2D eigenvalue weighted by molar-refractivity contribution is 6.06. The van der Waals surface area contributed by atoms with Crippen LogP contribution in [0, 0.1) is 45.6 Å². The van der Waals surface area contributed by atoms with E-state index >= 15 is 0 Å². The summed E-state index contributed by atoms with van der Waals surface area (Å²) in [6.07, 6.45) is 6.75. The number of carbonyl (C=O) groups is 2. The third-order valence-corrected chi connectivity index (χ3v) is 6.93. The van der Waals surface area contributed by atoms with Crippen molar-refractivity contribution in [1.82, 2.24) is 5.01 Å². The van der Waals surface area contributed by atoms with Crippen LogP contribution in [0.5, 0.6) is 0 Å². The highest BCUT2D eigenvalue weighted by Crippen LogP contribution is 2.65. The second kappa shape index (κ2) is 5.98. The van der Waals surface area contributed by atoms with E-state index in [4.69, 9.17) is 4.42 Å². The Kier molecular flexibility index (Phi) is 3.45. The zero-order valence-electron chi connectivity index (χ0n) is 15.8. The lowest BCUT2D eigenvalue weighted by molar-refractivity contribution is -0.384. The molecule has 0 N–H and O–H groups in total. The summed E-state index contributed by atoms with van der Waals surface area (Å²) in [6.45, 7) is 0. The van der Waals surface area contributed by atoms with Crippen LogP contribution in [0.4, 0.5) is 5.69 Å². The van der Waals surface area contributed by atoms with E-state index in [-0.39, 0.29) is 41.2 Å². The average molecular weight is 403 g/mol. The van der Waals surface area contributed by atoms with Crippen LogP contribution >= 0.6 is 0 Å². The number of nitro groups is 1. The van der Waals surface area contributed by atoms with Crippen LogP contribution in [-0.2, 0) is 9.59 Å². The second-order valence-electron chi connectivity index (χ2n) is 8.39. The van der Waals surface area contributed by atoms with E-state index in [1.165, 1.54) is 18.3 Å². The number of hydrogen-bond acceptors (Lipinski definition) is 6. The van der Waals surface area contributed by atoms with Crippen LogP contribution in [0.1, 0.15) is 12.2 Å². The summed E-state index contributed by atoms with van der Waals surface area (Å²) in [4.78, 5) is 36.1. The van der Waals surface area contributed by atoms with Crippen molar-refractivity contribution in [3.05, 3.63) is 64.4 Å². The van der Waals surface area contributed by atoms with Crippen molar-refractivity contribution in [2.75, 3.05) is 0 Å². The number of allylic oxidation sites excluding steroid dienone is 2. The number of rotatable bonds is 4. The molecule has 0 spiro atoms. The predicted molar refractivity (Wildman–Crippen MR) is 105 cm³/mol.